The highest BCUT2D eigenvalue weighted by Crippen LogP contribution is 2.35. The van der Waals surface area contributed by atoms with Gasteiger partial charge in [-0.05, 0) is 61.2 Å². The minimum Gasteiger partial charge on any atom is -0.461 e. The van der Waals surface area contributed by atoms with Gasteiger partial charge in [0, 0.05) is 27.5 Å². The number of furan rings is 1. The largest absolute Gasteiger partial charge is 0.461 e. The number of benzene rings is 2. The molecule has 0 spiro atoms. The SMILES string of the molecule is C[C@H]1CCc2oc3ccc(NS(=O)(=O)c4ccc(Br)cc4)cc3c2C1. The van der Waals surface area contributed by atoms with Gasteiger partial charge in [-0.15, -0.1) is 0 Å². The molecule has 2 aromatic carbocycles. The fourth-order valence-electron chi connectivity index (χ4n) is 3.34. The van der Waals surface area contributed by atoms with Crippen molar-refractivity contribution in [2.24, 2.45) is 5.92 Å². The average Bonchev–Trinajstić information content (AvgIpc) is 2.92. The monoisotopic (exact) mass is 419 g/mol. The van der Waals surface area contributed by atoms with Crippen LogP contribution >= 0.6 is 15.9 Å². The highest BCUT2D eigenvalue weighted by molar-refractivity contribution is 9.10. The Hall–Kier alpha value is -1.79. The van der Waals surface area contributed by atoms with E-state index in [0.717, 1.165) is 40.5 Å². The van der Waals surface area contributed by atoms with E-state index in [0.29, 0.717) is 11.6 Å². The molecule has 0 fully saturated rings. The number of hydrogen-bond acceptors (Lipinski definition) is 3. The Labute approximate surface area is 155 Å². The molecule has 0 saturated heterocycles. The molecule has 0 radical (unpaired) electrons. The van der Waals surface area contributed by atoms with Gasteiger partial charge in [0.25, 0.3) is 10.0 Å². The van der Waals surface area contributed by atoms with Crippen molar-refractivity contribution in [3.63, 3.8) is 0 Å². The number of nitrogens with one attached hydrogen (secondary N) is 1. The zero-order valence-electron chi connectivity index (χ0n) is 13.8. The molecule has 130 valence electrons. The molecule has 0 bridgehead atoms. The van der Waals surface area contributed by atoms with Crippen molar-refractivity contribution < 1.29 is 12.8 Å². The molecular formula is C19H18BrNO3S. The van der Waals surface area contributed by atoms with Crippen LogP contribution in [-0.2, 0) is 22.9 Å². The second-order valence-corrected chi connectivity index (χ2v) is 9.22. The summed E-state index contributed by atoms with van der Waals surface area (Å²) in [6.45, 7) is 2.24. The first-order valence-corrected chi connectivity index (χ1v) is 10.5. The molecule has 0 unspecified atom stereocenters. The number of hydrogen-bond donors (Lipinski definition) is 1. The molecule has 1 aromatic heterocycles. The van der Waals surface area contributed by atoms with E-state index in [1.165, 1.54) is 5.56 Å². The van der Waals surface area contributed by atoms with E-state index < -0.39 is 10.0 Å². The van der Waals surface area contributed by atoms with Crippen molar-refractivity contribution in [3.8, 4) is 0 Å². The van der Waals surface area contributed by atoms with E-state index in [4.69, 9.17) is 4.42 Å². The first-order valence-electron chi connectivity index (χ1n) is 8.25. The lowest BCUT2D eigenvalue weighted by Crippen LogP contribution is -2.13. The molecule has 1 heterocycles. The summed E-state index contributed by atoms with van der Waals surface area (Å²) >= 11 is 3.32. The Kier molecular flexibility index (Phi) is 4.12. The second kappa shape index (κ2) is 6.18. The maximum Gasteiger partial charge on any atom is 0.261 e. The molecule has 4 rings (SSSR count). The Morgan fingerprint density at radius 2 is 1.92 bits per heavy atom. The van der Waals surface area contributed by atoms with Gasteiger partial charge in [-0.3, -0.25) is 4.72 Å². The van der Waals surface area contributed by atoms with Crippen LogP contribution in [0.3, 0.4) is 0 Å². The lowest BCUT2D eigenvalue weighted by Gasteiger charge is -2.16. The normalized spacial score (nSPS) is 17.4. The topological polar surface area (TPSA) is 59.3 Å². The number of halogens is 1. The molecule has 0 aliphatic heterocycles. The van der Waals surface area contributed by atoms with Crippen molar-refractivity contribution in [1.29, 1.82) is 0 Å². The van der Waals surface area contributed by atoms with Crippen molar-refractivity contribution in [1.82, 2.24) is 0 Å². The van der Waals surface area contributed by atoms with Crippen LogP contribution in [0.25, 0.3) is 11.0 Å². The van der Waals surface area contributed by atoms with E-state index in [2.05, 4.69) is 27.6 Å². The highest BCUT2D eigenvalue weighted by atomic mass is 79.9. The zero-order valence-corrected chi connectivity index (χ0v) is 16.2. The van der Waals surface area contributed by atoms with Crippen molar-refractivity contribution in [2.75, 3.05) is 4.72 Å². The minimum absolute atomic E-state index is 0.235. The number of fused-ring (bicyclic) bond motifs is 3. The lowest BCUT2D eigenvalue weighted by molar-refractivity contribution is 0.438. The van der Waals surface area contributed by atoms with Gasteiger partial charge in [0.15, 0.2) is 0 Å². The van der Waals surface area contributed by atoms with E-state index in [9.17, 15) is 8.42 Å². The molecule has 6 heteroatoms. The molecule has 1 N–H and O–H groups in total. The number of aryl methyl sites for hydroxylation is 1. The molecule has 0 amide bonds. The average molecular weight is 420 g/mol. The maximum atomic E-state index is 12.6. The van der Waals surface area contributed by atoms with Crippen LogP contribution in [0.1, 0.15) is 24.7 Å². The quantitative estimate of drug-likeness (QED) is 0.640. The predicted octanol–water partition coefficient (Wildman–Crippen LogP) is 5.12. The summed E-state index contributed by atoms with van der Waals surface area (Å²) in [5.41, 5.74) is 2.60. The smallest absolute Gasteiger partial charge is 0.261 e. The van der Waals surface area contributed by atoms with Gasteiger partial charge in [0.1, 0.15) is 11.3 Å². The Morgan fingerprint density at radius 1 is 1.16 bits per heavy atom. The van der Waals surface area contributed by atoms with Crippen LogP contribution in [-0.4, -0.2) is 8.42 Å². The van der Waals surface area contributed by atoms with E-state index >= 15 is 0 Å². The molecule has 4 nitrogen and oxygen atoms in total. The van der Waals surface area contributed by atoms with Gasteiger partial charge in [0.2, 0.25) is 0 Å². The van der Waals surface area contributed by atoms with E-state index in [1.54, 1.807) is 30.3 Å². The first kappa shape index (κ1) is 16.7. The summed E-state index contributed by atoms with van der Waals surface area (Å²) in [5.74, 6) is 1.66. The number of anilines is 1. The van der Waals surface area contributed by atoms with Crippen molar-refractivity contribution in [2.45, 2.75) is 31.1 Å². The third-order valence-corrected chi connectivity index (χ3v) is 6.59. The summed E-state index contributed by atoms with van der Waals surface area (Å²) in [4.78, 5) is 0.235. The van der Waals surface area contributed by atoms with Gasteiger partial charge in [-0.2, -0.15) is 0 Å². The van der Waals surface area contributed by atoms with Crippen LogP contribution < -0.4 is 4.72 Å². The zero-order chi connectivity index (χ0) is 17.6. The molecule has 0 saturated carbocycles. The summed E-state index contributed by atoms with van der Waals surface area (Å²) in [6, 6.07) is 12.1. The minimum atomic E-state index is -3.62. The predicted molar refractivity (Wildman–Crippen MR) is 102 cm³/mol. The van der Waals surface area contributed by atoms with Gasteiger partial charge < -0.3 is 4.42 Å². The van der Waals surface area contributed by atoms with Crippen molar-refractivity contribution in [3.05, 3.63) is 58.3 Å². The summed E-state index contributed by atoms with van der Waals surface area (Å²) in [6.07, 6.45) is 3.06. The van der Waals surface area contributed by atoms with Gasteiger partial charge in [-0.1, -0.05) is 22.9 Å². The summed E-state index contributed by atoms with van der Waals surface area (Å²) in [5, 5.41) is 1.01. The second-order valence-electron chi connectivity index (χ2n) is 6.62. The molecule has 25 heavy (non-hydrogen) atoms. The van der Waals surface area contributed by atoms with E-state index in [1.807, 2.05) is 12.1 Å². The summed E-state index contributed by atoms with van der Waals surface area (Å²) < 4.78 is 34.6. The highest BCUT2D eigenvalue weighted by Gasteiger charge is 2.22. The standard InChI is InChI=1S/C19H18BrNO3S/c1-12-2-8-18-16(10-12)17-11-14(5-9-19(17)24-18)21-25(22,23)15-6-3-13(20)4-7-15/h3-7,9,11-12,21H,2,8,10H2,1H3/t12-/m0/s1. The third kappa shape index (κ3) is 3.20. The Morgan fingerprint density at radius 3 is 2.68 bits per heavy atom. The Bertz CT molecular complexity index is 1040. The molecular weight excluding hydrogens is 402 g/mol. The molecule has 1 aliphatic carbocycles. The van der Waals surface area contributed by atoms with Crippen molar-refractivity contribution >= 4 is 42.6 Å². The van der Waals surface area contributed by atoms with E-state index in [-0.39, 0.29) is 4.90 Å². The Balaban J connectivity index is 1.70. The van der Waals surface area contributed by atoms with Crippen LogP contribution in [0.2, 0.25) is 0 Å². The van der Waals surface area contributed by atoms with Crippen LogP contribution in [0, 0.1) is 5.92 Å². The lowest BCUT2D eigenvalue weighted by atomic mass is 9.88. The first-order chi connectivity index (χ1) is 11.9. The molecule has 3 aromatic rings. The van der Waals surface area contributed by atoms with Crippen LogP contribution in [0.4, 0.5) is 5.69 Å². The van der Waals surface area contributed by atoms with Crippen LogP contribution in [0.5, 0.6) is 0 Å². The maximum absolute atomic E-state index is 12.6. The van der Waals surface area contributed by atoms with Crippen LogP contribution in [0.15, 0.2) is 56.2 Å². The number of sulfonamides is 1. The number of rotatable bonds is 3. The van der Waals surface area contributed by atoms with Gasteiger partial charge in [-0.25, -0.2) is 8.42 Å². The fourth-order valence-corrected chi connectivity index (χ4v) is 4.66. The molecule has 1 aliphatic rings. The van der Waals surface area contributed by atoms with Gasteiger partial charge >= 0.3 is 0 Å². The fraction of sp³-hybridized carbons (Fsp3) is 0.263. The van der Waals surface area contributed by atoms with Gasteiger partial charge in [0.05, 0.1) is 4.90 Å². The molecule has 1 atom stereocenters. The third-order valence-electron chi connectivity index (χ3n) is 4.67. The summed E-state index contributed by atoms with van der Waals surface area (Å²) in [7, 11) is -3.62.